The third-order valence-electron chi connectivity index (χ3n) is 2.74. The Labute approximate surface area is 100 Å². The average Bonchev–Trinajstić information content (AvgIpc) is 2.60. The Morgan fingerprint density at radius 2 is 1.94 bits per heavy atom. The monoisotopic (exact) mass is 263 g/mol. The fourth-order valence-corrected chi connectivity index (χ4v) is 4.04. The van der Waals surface area contributed by atoms with Gasteiger partial charge in [0.25, 0.3) is 10.0 Å². The standard InChI is InChI=1S/C9H14ClN3O2S/c1-12-9(8(10)7-11-12)16(14,15)13-5-3-2-4-6-13/h7H,2-6H2,1H3. The molecule has 0 unspecified atom stereocenters. The summed E-state index contributed by atoms with van der Waals surface area (Å²) in [6.07, 6.45) is 4.27. The highest BCUT2D eigenvalue weighted by atomic mass is 35.5. The van der Waals surface area contributed by atoms with Crippen molar-refractivity contribution in [2.45, 2.75) is 24.3 Å². The van der Waals surface area contributed by atoms with E-state index in [1.165, 1.54) is 15.2 Å². The van der Waals surface area contributed by atoms with E-state index in [4.69, 9.17) is 11.6 Å². The van der Waals surface area contributed by atoms with Crippen LogP contribution in [0.25, 0.3) is 0 Å². The second-order valence-corrected chi connectivity index (χ2v) is 6.15. The zero-order chi connectivity index (χ0) is 11.8. The third-order valence-corrected chi connectivity index (χ3v) is 5.15. The van der Waals surface area contributed by atoms with Crippen molar-refractivity contribution in [1.82, 2.24) is 14.1 Å². The summed E-state index contributed by atoms with van der Waals surface area (Å²) in [4.78, 5) is 0. The van der Waals surface area contributed by atoms with Crippen LogP contribution in [0.15, 0.2) is 11.2 Å². The quantitative estimate of drug-likeness (QED) is 0.807. The van der Waals surface area contributed by atoms with Crippen molar-refractivity contribution in [3.8, 4) is 0 Å². The second-order valence-electron chi connectivity index (χ2n) is 3.89. The number of aryl methyl sites for hydroxylation is 1. The van der Waals surface area contributed by atoms with Crippen molar-refractivity contribution in [3.63, 3.8) is 0 Å². The Morgan fingerprint density at radius 1 is 1.31 bits per heavy atom. The first kappa shape index (κ1) is 11.9. The number of aromatic nitrogens is 2. The predicted molar refractivity (Wildman–Crippen MR) is 60.8 cm³/mol. The summed E-state index contributed by atoms with van der Waals surface area (Å²) in [5, 5.41) is 4.14. The van der Waals surface area contributed by atoms with E-state index < -0.39 is 10.0 Å². The first-order valence-corrected chi connectivity index (χ1v) is 7.03. The molecule has 2 rings (SSSR count). The zero-order valence-corrected chi connectivity index (χ0v) is 10.6. The Kier molecular flexibility index (Phi) is 3.23. The lowest BCUT2D eigenvalue weighted by Crippen LogP contribution is -2.36. The van der Waals surface area contributed by atoms with Crippen LogP contribution in [0.5, 0.6) is 0 Å². The molecule has 90 valence electrons. The molecule has 2 heterocycles. The highest BCUT2D eigenvalue weighted by Crippen LogP contribution is 2.25. The minimum absolute atomic E-state index is 0.0936. The minimum Gasteiger partial charge on any atom is -0.255 e. The number of hydrogen-bond acceptors (Lipinski definition) is 3. The highest BCUT2D eigenvalue weighted by molar-refractivity contribution is 7.89. The van der Waals surface area contributed by atoms with Crippen molar-refractivity contribution in [2.75, 3.05) is 13.1 Å². The molecule has 0 bridgehead atoms. The normalized spacial score (nSPS) is 18.9. The molecule has 1 aromatic heterocycles. The van der Waals surface area contributed by atoms with Crippen LogP contribution in [-0.4, -0.2) is 35.6 Å². The van der Waals surface area contributed by atoms with E-state index in [9.17, 15) is 8.42 Å². The lowest BCUT2D eigenvalue weighted by molar-refractivity contribution is 0.344. The number of piperidine rings is 1. The van der Waals surface area contributed by atoms with E-state index in [2.05, 4.69) is 5.10 Å². The Morgan fingerprint density at radius 3 is 2.44 bits per heavy atom. The van der Waals surface area contributed by atoms with Crippen LogP contribution in [0.4, 0.5) is 0 Å². The summed E-state index contributed by atoms with van der Waals surface area (Å²) in [7, 11) is -1.89. The molecule has 0 N–H and O–H groups in total. The Bertz CT molecular complexity index is 457. The van der Waals surface area contributed by atoms with Crippen LogP contribution in [0.3, 0.4) is 0 Å². The smallest absolute Gasteiger partial charge is 0.255 e. The van der Waals surface area contributed by atoms with Gasteiger partial charge < -0.3 is 0 Å². The van der Waals surface area contributed by atoms with Crippen molar-refractivity contribution in [1.29, 1.82) is 0 Å². The van der Waals surface area contributed by atoms with Crippen LogP contribution in [0.2, 0.25) is 5.02 Å². The van der Waals surface area contributed by atoms with Crippen LogP contribution in [0.1, 0.15) is 19.3 Å². The molecule has 16 heavy (non-hydrogen) atoms. The number of nitrogens with zero attached hydrogens (tertiary/aromatic N) is 3. The lowest BCUT2D eigenvalue weighted by Gasteiger charge is -2.25. The van der Waals surface area contributed by atoms with Gasteiger partial charge in [-0.2, -0.15) is 9.40 Å². The zero-order valence-electron chi connectivity index (χ0n) is 9.06. The molecule has 1 aliphatic rings. The van der Waals surface area contributed by atoms with Gasteiger partial charge in [-0.25, -0.2) is 8.42 Å². The van der Waals surface area contributed by atoms with Gasteiger partial charge in [-0.15, -0.1) is 0 Å². The highest BCUT2D eigenvalue weighted by Gasteiger charge is 2.30. The van der Waals surface area contributed by atoms with E-state index in [1.807, 2.05) is 0 Å². The summed E-state index contributed by atoms with van der Waals surface area (Å²) in [6.45, 7) is 1.15. The molecule has 0 spiro atoms. The molecular formula is C9H14ClN3O2S. The van der Waals surface area contributed by atoms with E-state index in [-0.39, 0.29) is 10.0 Å². The van der Waals surface area contributed by atoms with Gasteiger partial charge in [0, 0.05) is 20.1 Å². The molecule has 0 amide bonds. The van der Waals surface area contributed by atoms with Gasteiger partial charge in [0.05, 0.1) is 11.2 Å². The Hall–Kier alpha value is -0.590. The third kappa shape index (κ3) is 1.97. The number of sulfonamides is 1. The largest absolute Gasteiger partial charge is 0.261 e. The van der Waals surface area contributed by atoms with Gasteiger partial charge in [-0.3, -0.25) is 4.68 Å². The summed E-state index contributed by atoms with van der Waals surface area (Å²) in [5.41, 5.74) is 0. The molecule has 0 atom stereocenters. The van der Waals surface area contributed by atoms with Crippen LogP contribution in [0, 0.1) is 0 Å². The molecule has 0 radical (unpaired) electrons. The molecule has 0 aliphatic carbocycles. The molecule has 0 aromatic carbocycles. The first-order valence-electron chi connectivity index (χ1n) is 5.21. The van der Waals surface area contributed by atoms with Gasteiger partial charge >= 0.3 is 0 Å². The second kappa shape index (κ2) is 4.35. The van der Waals surface area contributed by atoms with E-state index in [0.717, 1.165) is 19.3 Å². The van der Waals surface area contributed by atoms with Crippen molar-refractivity contribution < 1.29 is 8.42 Å². The topological polar surface area (TPSA) is 55.2 Å². The van der Waals surface area contributed by atoms with E-state index >= 15 is 0 Å². The lowest BCUT2D eigenvalue weighted by atomic mass is 10.2. The van der Waals surface area contributed by atoms with Crippen molar-refractivity contribution in [3.05, 3.63) is 11.2 Å². The van der Waals surface area contributed by atoms with Crippen LogP contribution < -0.4 is 0 Å². The fourth-order valence-electron chi connectivity index (χ4n) is 1.92. The molecule has 7 heteroatoms. The van der Waals surface area contributed by atoms with E-state index in [0.29, 0.717) is 13.1 Å². The SMILES string of the molecule is Cn1ncc(Cl)c1S(=O)(=O)N1CCCCC1. The predicted octanol–water partition coefficient (Wildman–Crippen LogP) is 1.25. The van der Waals surface area contributed by atoms with Crippen molar-refractivity contribution in [2.24, 2.45) is 7.05 Å². The maximum Gasteiger partial charge on any atom is 0.261 e. The average molecular weight is 264 g/mol. The van der Waals surface area contributed by atoms with Crippen LogP contribution in [-0.2, 0) is 17.1 Å². The number of rotatable bonds is 2. The first-order chi connectivity index (χ1) is 7.53. The molecular weight excluding hydrogens is 250 g/mol. The molecule has 1 aromatic rings. The maximum absolute atomic E-state index is 12.3. The van der Waals surface area contributed by atoms with Gasteiger partial charge in [-0.05, 0) is 12.8 Å². The van der Waals surface area contributed by atoms with Gasteiger partial charge in [0.1, 0.15) is 0 Å². The number of halogens is 1. The van der Waals surface area contributed by atoms with E-state index in [1.54, 1.807) is 7.05 Å². The fraction of sp³-hybridized carbons (Fsp3) is 0.667. The van der Waals surface area contributed by atoms with Gasteiger partial charge in [0.15, 0.2) is 5.03 Å². The van der Waals surface area contributed by atoms with Gasteiger partial charge in [-0.1, -0.05) is 18.0 Å². The molecule has 1 fully saturated rings. The van der Waals surface area contributed by atoms with Crippen LogP contribution >= 0.6 is 11.6 Å². The minimum atomic E-state index is -3.48. The molecule has 1 aliphatic heterocycles. The maximum atomic E-state index is 12.3. The molecule has 0 saturated carbocycles. The summed E-state index contributed by atoms with van der Waals surface area (Å²) in [5.74, 6) is 0. The number of hydrogen-bond donors (Lipinski definition) is 0. The summed E-state index contributed by atoms with van der Waals surface area (Å²) >= 11 is 5.86. The summed E-state index contributed by atoms with van der Waals surface area (Å²) in [6, 6.07) is 0. The molecule has 5 nitrogen and oxygen atoms in total. The van der Waals surface area contributed by atoms with Gasteiger partial charge in [0.2, 0.25) is 0 Å². The summed E-state index contributed by atoms with van der Waals surface area (Å²) < 4.78 is 27.3. The van der Waals surface area contributed by atoms with Crippen molar-refractivity contribution >= 4 is 21.6 Å². The molecule has 1 saturated heterocycles. The Balaban J connectivity index is 2.38.